The molecule has 1 N–H and O–H groups in total. The van der Waals surface area contributed by atoms with Gasteiger partial charge in [0.2, 0.25) is 0 Å². The van der Waals surface area contributed by atoms with E-state index in [-0.39, 0.29) is 11.6 Å². The third-order valence-electron chi connectivity index (χ3n) is 5.69. The minimum atomic E-state index is -0.767. The summed E-state index contributed by atoms with van der Waals surface area (Å²) in [5.74, 6) is 0. The summed E-state index contributed by atoms with van der Waals surface area (Å²) in [6.07, 6.45) is 12.7. The van der Waals surface area contributed by atoms with Crippen LogP contribution in [0.1, 0.15) is 38.6 Å². The van der Waals surface area contributed by atoms with Crippen LogP contribution in [0, 0.1) is 0 Å². The van der Waals surface area contributed by atoms with Crippen LogP contribution in [0.4, 0.5) is 0 Å². The van der Waals surface area contributed by atoms with Crippen LogP contribution in [-0.2, 0) is 6.54 Å². The minimum Gasteiger partial charge on any atom is -0.385 e. The number of nitrogens with zero attached hydrogens (tertiary/aromatic N) is 4. The Kier molecular flexibility index (Phi) is 4.60. The van der Waals surface area contributed by atoms with Gasteiger partial charge in [-0.25, -0.2) is 14.6 Å². The molecule has 2 aromatic rings. The van der Waals surface area contributed by atoms with E-state index in [4.69, 9.17) is 0 Å². The quantitative estimate of drug-likeness (QED) is 0.487. The maximum Gasteiger partial charge on any atom is 0.278 e. The van der Waals surface area contributed by atoms with E-state index in [0.29, 0.717) is 29.2 Å². The zero-order valence-electron chi connectivity index (χ0n) is 15.7. The lowest BCUT2D eigenvalue weighted by Gasteiger charge is -2.28. The van der Waals surface area contributed by atoms with Crippen molar-refractivity contribution in [1.29, 1.82) is 0 Å². The van der Waals surface area contributed by atoms with Crippen molar-refractivity contribution < 1.29 is 5.11 Å². The van der Waals surface area contributed by atoms with Gasteiger partial charge in [0.1, 0.15) is 5.39 Å². The van der Waals surface area contributed by atoms with Crippen LogP contribution < -0.4 is 5.56 Å². The topological polar surface area (TPSA) is 72.9 Å². The number of rotatable bonds is 5. The van der Waals surface area contributed by atoms with Gasteiger partial charge in [0, 0.05) is 6.20 Å². The molecule has 2 aromatic heterocycles. The third-order valence-corrected chi connectivity index (χ3v) is 6.25. The van der Waals surface area contributed by atoms with Crippen molar-refractivity contribution >= 4 is 22.8 Å². The molecule has 2 unspecified atom stereocenters. The summed E-state index contributed by atoms with van der Waals surface area (Å²) < 4.78 is 3.63. The second-order valence-electron chi connectivity index (χ2n) is 7.11. The van der Waals surface area contributed by atoms with E-state index in [1.807, 2.05) is 17.9 Å². The molecule has 6 nitrogen and oxygen atoms in total. The first-order valence-electron chi connectivity index (χ1n) is 9.29. The maximum absolute atomic E-state index is 12.9. The van der Waals surface area contributed by atoms with E-state index in [9.17, 15) is 9.90 Å². The molecule has 142 valence electrons. The van der Waals surface area contributed by atoms with Crippen molar-refractivity contribution in [2.45, 2.75) is 56.0 Å². The summed E-state index contributed by atoms with van der Waals surface area (Å²) in [4.78, 5) is 21.8. The molecule has 0 amide bonds. The van der Waals surface area contributed by atoms with Crippen LogP contribution in [0.25, 0.3) is 11.0 Å². The standard InChI is InChI=1S/C20H24N4O2S/c1-4-10-23-18(25)15-12-21-19(27-3)22-17(15)24(23)14-7-6-13-8-9-20(26,5-2)16(13)11-14/h4,6,11-12,14,26H,1,5,7-10H2,2-3H3. The van der Waals surface area contributed by atoms with Gasteiger partial charge in [-0.05, 0) is 43.1 Å². The second kappa shape index (κ2) is 6.80. The van der Waals surface area contributed by atoms with Crippen LogP contribution in [0.2, 0.25) is 0 Å². The SMILES string of the molecule is C=CCn1c(=O)c2cnc(SC)nc2n1C1C=C2C(=CC1)CCC2(O)CC. The summed E-state index contributed by atoms with van der Waals surface area (Å²) in [6.45, 7) is 6.22. The van der Waals surface area contributed by atoms with Crippen molar-refractivity contribution in [3.8, 4) is 0 Å². The summed E-state index contributed by atoms with van der Waals surface area (Å²) in [6, 6.07) is -0.0744. The fourth-order valence-electron chi connectivity index (χ4n) is 4.21. The molecular weight excluding hydrogens is 360 g/mol. The number of allylic oxidation sites excluding steroid dienone is 3. The molecule has 0 spiro atoms. The van der Waals surface area contributed by atoms with E-state index in [1.54, 1.807) is 17.0 Å². The first-order chi connectivity index (χ1) is 13.0. The van der Waals surface area contributed by atoms with Crippen molar-refractivity contribution in [1.82, 2.24) is 19.3 Å². The zero-order chi connectivity index (χ0) is 19.2. The molecule has 0 aliphatic heterocycles. The van der Waals surface area contributed by atoms with E-state index in [1.165, 1.54) is 17.3 Å². The zero-order valence-corrected chi connectivity index (χ0v) is 16.5. The third kappa shape index (κ3) is 2.80. The number of aromatic nitrogens is 4. The normalized spacial score (nSPS) is 24.6. The van der Waals surface area contributed by atoms with Gasteiger partial charge in [-0.3, -0.25) is 9.48 Å². The molecule has 2 atom stereocenters. The summed E-state index contributed by atoms with van der Waals surface area (Å²) >= 11 is 1.45. The number of aliphatic hydroxyl groups is 1. The lowest BCUT2D eigenvalue weighted by Crippen LogP contribution is -2.29. The van der Waals surface area contributed by atoms with Gasteiger partial charge in [0.25, 0.3) is 5.56 Å². The molecule has 2 heterocycles. The van der Waals surface area contributed by atoms with Gasteiger partial charge >= 0.3 is 0 Å². The Morgan fingerprint density at radius 1 is 1.52 bits per heavy atom. The number of hydrogen-bond acceptors (Lipinski definition) is 5. The van der Waals surface area contributed by atoms with E-state index in [2.05, 4.69) is 28.7 Å². The Balaban J connectivity index is 1.92. The van der Waals surface area contributed by atoms with Crippen LogP contribution in [0.5, 0.6) is 0 Å². The molecule has 0 bridgehead atoms. The second-order valence-corrected chi connectivity index (χ2v) is 7.89. The highest BCUT2D eigenvalue weighted by Crippen LogP contribution is 2.45. The summed E-state index contributed by atoms with van der Waals surface area (Å²) in [5, 5.41) is 12.2. The first kappa shape index (κ1) is 18.3. The lowest BCUT2D eigenvalue weighted by atomic mass is 9.87. The molecular formula is C20H24N4O2S. The van der Waals surface area contributed by atoms with Crippen LogP contribution >= 0.6 is 11.8 Å². The predicted octanol–water partition coefficient (Wildman–Crippen LogP) is 3.23. The average Bonchev–Trinajstić information content (AvgIpc) is 3.17. The monoisotopic (exact) mass is 384 g/mol. The number of fused-ring (bicyclic) bond motifs is 2. The molecule has 2 aliphatic rings. The highest BCUT2D eigenvalue weighted by molar-refractivity contribution is 7.98. The van der Waals surface area contributed by atoms with Crippen molar-refractivity contribution in [3.63, 3.8) is 0 Å². The van der Waals surface area contributed by atoms with Gasteiger partial charge < -0.3 is 5.11 Å². The predicted molar refractivity (Wildman–Crippen MR) is 108 cm³/mol. The van der Waals surface area contributed by atoms with Crippen LogP contribution in [0.15, 0.2) is 52.1 Å². The van der Waals surface area contributed by atoms with E-state index < -0.39 is 5.60 Å². The molecule has 1 fully saturated rings. The van der Waals surface area contributed by atoms with Crippen molar-refractivity contribution in [2.75, 3.05) is 6.26 Å². The molecule has 0 aromatic carbocycles. The molecule has 4 rings (SSSR count). The summed E-state index contributed by atoms with van der Waals surface area (Å²) in [7, 11) is 0. The smallest absolute Gasteiger partial charge is 0.278 e. The Morgan fingerprint density at radius 2 is 2.33 bits per heavy atom. The van der Waals surface area contributed by atoms with Crippen molar-refractivity contribution in [3.05, 3.63) is 52.5 Å². The van der Waals surface area contributed by atoms with Gasteiger partial charge in [0.05, 0.1) is 18.2 Å². The van der Waals surface area contributed by atoms with Crippen LogP contribution in [0.3, 0.4) is 0 Å². The molecule has 2 aliphatic carbocycles. The molecule has 0 saturated heterocycles. The van der Waals surface area contributed by atoms with Gasteiger partial charge in [-0.1, -0.05) is 36.9 Å². The minimum absolute atomic E-state index is 0.0744. The Morgan fingerprint density at radius 3 is 3.04 bits per heavy atom. The van der Waals surface area contributed by atoms with Crippen LogP contribution in [-0.4, -0.2) is 36.3 Å². The molecule has 7 heteroatoms. The van der Waals surface area contributed by atoms with E-state index >= 15 is 0 Å². The Hall–Kier alpha value is -2.12. The Bertz CT molecular complexity index is 1030. The summed E-state index contributed by atoms with van der Waals surface area (Å²) in [5.41, 5.74) is 2.01. The largest absolute Gasteiger partial charge is 0.385 e. The van der Waals surface area contributed by atoms with Gasteiger partial charge in [-0.15, -0.1) is 6.58 Å². The first-order valence-corrected chi connectivity index (χ1v) is 10.5. The number of thioether (sulfide) groups is 1. The van der Waals surface area contributed by atoms with E-state index in [0.717, 1.165) is 24.8 Å². The molecule has 27 heavy (non-hydrogen) atoms. The fraction of sp³-hybridized carbons (Fsp3) is 0.450. The van der Waals surface area contributed by atoms with Gasteiger partial charge in [-0.2, -0.15) is 0 Å². The fourth-order valence-corrected chi connectivity index (χ4v) is 4.54. The average molecular weight is 385 g/mol. The highest BCUT2D eigenvalue weighted by atomic mass is 32.2. The molecule has 1 saturated carbocycles. The molecule has 0 radical (unpaired) electrons. The Labute approximate surface area is 162 Å². The number of hydrogen-bond donors (Lipinski definition) is 1. The van der Waals surface area contributed by atoms with Gasteiger partial charge in [0.15, 0.2) is 10.8 Å². The maximum atomic E-state index is 12.9. The lowest BCUT2D eigenvalue weighted by molar-refractivity contribution is 0.0807. The highest BCUT2D eigenvalue weighted by Gasteiger charge is 2.39. The van der Waals surface area contributed by atoms with Crippen molar-refractivity contribution in [2.24, 2.45) is 0 Å².